The second-order valence-corrected chi connectivity index (χ2v) is 8.55. The van der Waals surface area contributed by atoms with Gasteiger partial charge in [0.25, 0.3) is 0 Å². The number of aliphatic hydroxyl groups is 1. The lowest BCUT2D eigenvalue weighted by molar-refractivity contribution is 0.0636. The van der Waals surface area contributed by atoms with Crippen LogP contribution < -0.4 is 10.2 Å². The Bertz CT molecular complexity index is 944. The fourth-order valence-electron chi connectivity index (χ4n) is 4.54. The number of piperidine rings is 1. The van der Waals surface area contributed by atoms with Gasteiger partial charge in [0.05, 0.1) is 19.3 Å². The number of aromatic nitrogens is 2. The highest BCUT2D eigenvalue weighted by molar-refractivity contribution is 5.88. The van der Waals surface area contributed by atoms with Crippen molar-refractivity contribution in [3.63, 3.8) is 0 Å². The number of nitrogens with zero attached hydrogens (tertiary/aromatic N) is 4. The molecule has 0 spiro atoms. The molecule has 2 aromatic rings. The van der Waals surface area contributed by atoms with Crippen LogP contribution in [-0.4, -0.2) is 78.7 Å². The van der Waals surface area contributed by atoms with Crippen LogP contribution in [0.25, 0.3) is 0 Å². The average Bonchev–Trinajstić information content (AvgIpc) is 2.75. The standard InChI is InChI=1S/C23H32N6O2/c1-15-10-17(13-24)20(11-19(15)18-4-5-28(3)14-21(18)30)27-22-12-23(26-16(2)25-22)29-6-8-31-9-7-29/h10-13,18,21,24,30H,4-9,14H2,1-3H3,(H,25,26,27). The van der Waals surface area contributed by atoms with Gasteiger partial charge in [0, 0.05) is 49.1 Å². The molecule has 0 aliphatic carbocycles. The molecule has 2 atom stereocenters. The van der Waals surface area contributed by atoms with E-state index in [0.29, 0.717) is 31.4 Å². The smallest absolute Gasteiger partial charge is 0.136 e. The third-order valence-electron chi connectivity index (χ3n) is 6.20. The number of ether oxygens (including phenoxy) is 1. The first kappa shape index (κ1) is 21.7. The summed E-state index contributed by atoms with van der Waals surface area (Å²) >= 11 is 0. The van der Waals surface area contributed by atoms with Gasteiger partial charge in [-0.05, 0) is 57.1 Å². The van der Waals surface area contributed by atoms with Crippen LogP contribution in [0, 0.1) is 19.3 Å². The van der Waals surface area contributed by atoms with E-state index in [9.17, 15) is 5.11 Å². The Kier molecular flexibility index (Phi) is 6.50. The molecule has 0 radical (unpaired) electrons. The molecule has 2 saturated heterocycles. The van der Waals surface area contributed by atoms with Crippen LogP contribution in [0.15, 0.2) is 18.2 Å². The molecule has 8 nitrogen and oxygen atoms in total. The zero-order chi connectivity index (χ0) is 22.0. The molecular formula is C23H32N6O2. The van der Waals surface area contributed by atoms with E-state index < -0.39 is 6.10 Å². The van der Waals surface area contributed by atoms with E-state index in [-0.39, 0.29) is 5.92 Å². The predicted octanol–water partition coefficient (Wildman–Crippen LogP) is 2.45. The lowest BCUT2D eigenvalue weighted by Gasteiger charge is -2.35. The van der Waals surface area contributed by atoms with E-state index in [0.717, 1.165) is 54.3 Å². The van der Waals surface area contributed by atoms with Crippen molar-refractivity contribution in [3.8, 4) is 0 Å². The van der Waals surface area contributed by atoms with Crippen molar-refractivity contribution in [3.05, 3.63) is 40.7 Å². The minimum Gasteiger partial charge on any atom is -0.391 e. The Hall–Kier alpha value is -2.55. The molecule has 0 amide bonds. The monoisotopic (exact) mass is 424 g/mol. The normalized spacial score (nSPS) is 22.4. The fraction of sp³-hybridized carbons (Fsp3) is 0.522. The van der Waals surface area contributed by atoms with Gasteiger partial charge in [-0.15, -0.1) is 0 Å². The summed E-state index contributed by atoms with van der Waals surface area (Å²) < 4.78 is 5.46. The maximum Gasteiger partial charge on any atom is 0.136 e. The lowest BCUT2D eigenvalue weighted by atomic mass is 9.84. The van der Waals surface area contributed by atoms with Crippen LogP contribution in [0.1, 0.15) is 34.9 Å². The molecule has 4 rings (SSSR count). The van der Waals surface area contributed by atoms with Crippen LogP contribution in [0.2, 0.25) is 0 Å². The third kappa shape index (κ3) is 4.87. The van der Waals surface area contributed by atoms with Gasteiger partial charge in [-0.1, -0.05) is 0 Å². The second kappa shape index (κ2) is 9.30. The maximum absolute atomic E-state index is 10.7. The van der Waals surface area contributed by atoms with Gasteiger partial charge in [-0.2, -0.15) is 0 Å². The van der Waals surface area contributed by atoms with E-state index in [1.54, 1.807) is 0 Å². The van der Waals surface area contributed by atoms with Gasteiger partial charge < -0.3 is 30.4 Å². The largest absolute Gasteiger partial charge is 0.391 e. The molecule has 2 aliphatic heterocycles. The van der Waals surface area contributed by atoms with Crippen molar-refractivity contribution in [2.45, 2.75) is 32.3 Å². The van der Waals surface area contributed by atoms with Crippen LogP contribution in [0.5, 0.6) is 0 Å². The first-order valence-electron chi connectivity index (χ1n) is 10.9. The number of aliphatic hydroxyl groups excluding tert-OH is 1. The van der Waals surface area contributed by atoms with Gasteiger partial charge in [-0.25, -0.2) is 9.97 Å². The molecule has 166 valence electrons. The molecule has 3 N–H and O–H groups in total. The number of nitrogens with one attached hydrogen (secondary N) is 2. The molecule has 8 heteroatoms. The summed E-state index contributed by atoms with van der Waals surface area (Å²) in [5.41, 5.74) is 3.86. The quantitative estimate of drug-likeness (QED) is 0.634. The Labute approximate surface area is 183 Å². The Morgan fingerprint density at radius 3 is 2.65 bits per heavy atom. The zero-order valence-electron chi connectivity index (χ0n) is 18.6. The van der Waals surface area contributed by atoms with E-state index in [1.807, 2.05) is 26.1 Å². The molecule has 1 aromatic carbocycles. The number of β-amino-alcohol motifs (C(OH)–C–C–N with tert-alkyl or cyclic N) is 1. The number of likely N-dealkylation sites (tertiary alicyclic amines) is 1. The third-order valence-corrected chi connectivity index (χ3v) is 6.20. The summed E-state index contributed by atoms with van der Waals surface area (Å²) in [6.45, 7) is 8.60. The summed E-state index contributed by atoms with van der Waals surface area (Å²) in [6, 6.07) is 6.06. The van der Waals surface area contributed by atoms with Crippen LogP contribution in [-0.2, 0) is 4.74 Å². The highest BCUT2D eigenvalue weighted by Gasteiger charge is 2.29. The maximum atomic E-state index is 10.7. The van der Waals surface area contributed by atoms with Gasteiger partial charge in [0.15, 0.2) is 0 Å². The van der Waals surface area contributed by atoms with Crippen molar-refractivity contribution >= 4 is 23.5 Å². The van der Waals surface area contributed by atoms with Crippen molar-refractivity contribution in [2.24, 2.45) is 0 Å². The number of benzene rings is 1. The first-order chi connectivity index (χ1) is 14.9. The van der Waals surface area contributed by atoms with Crippen molar-refractivity contribution in [1.29, 1.82) is 5.41 Å². The number of hydrogen-bond donors (Lipinski definition) is 3. The van der Waals surface area contributed by atoms with Crippen molar-refractivity contribution in [1.82, 2.24) is 14.9 Å². The summed E-state index contributed by atoms with van der Waals surface area (Å²) in [5.74, 6) is 2.37. The predicted molar refractivity (Wildman–Crippen MR) is 123 cm³/mol. The number of anilines is 3. The molecule has 31 heavy (non-hydrogen) atoms. The number of morpholine rings is 1. The number of hydrogen-bond acceptors (Lipinski definition) is 8. The number of rotatable bonds is 5. The molecule has 0 bridgehead atoms. The molecule has 2 fully saturated rings. The van der Waals surface area contributed by atoms with Gasteiger partial charge in [0.2, 0.25) is 0 Å². The summed E-state index contributed by atoms with van der Waals surface area (Å²) in [4.78, 5) is 13.5. The van der Waals surface area contributed by atoms with E-state index >= 15 is 0 Å². The van der Waals surface area contributed by atoms with Crippen molar-refractivity contribution < 1.29 is 9.84 Å². The molecule has 0 saturated carbocycles. The van der Waals surface area contributed by atoms with Crippen molar-refractivity contribution in [2.75, 3.05) is 56.7 Å². The highest BCUT2D eigenvalue weighted by Crippen LogP contribution is 2.34. The number of aryl methyl sites for hydroxylation is 2. The molecular weight excluding hydrogens is 392 g/mol. The minimum absolute atomic E-state index is 0.0904. The summed E-state index contributed by atoms with van der Waals surface area (Å²) in [7, 11) is 2.04. The van der Waals surface area contributed by atoms with Gasteiger partial charge >= 0.3 is 0 Å². The number of likely N-dealkylation sites (N-methyl/N-ethyl adjacent to an activating group) is 1. The fourth-order valence-corrected chi connectivity index (χ4v) is 4.54. The van der Waals surface area contributed by atoms with E-state index in [4.69, 9.17) is 10.1 Å². The van der Waals surface area contributed by atoms with Crippen LogP contribution in [0.4, 0.5) is 17.3 Å². The Morgan fingerprint density at radius 2 is 1.94 bits per heavy atom. The topological polar surface area (TPSA) is 97.6 Å². The Balaban J connectivity index is 1.65. The highest BCUT2D eigenvalue weighted by atomic mass is 16.5. The van der Waals surface area contributed by atoms with E-state index in [1.165, 1.54) is 6.21 Å². The zero-order valence-corrected chi connectivity index (χ0v) is 18.6. The average molecular weight is 425 g/mol. The lowest BCUT2D eigenvalue weighted by Crippen LogP contribution is -2.40. The van der Waals surface area contributed by atoms with Gasteiger partial charge in [-0.3, -0.25) is 0 Å². The molecule has 2 aliphatic rings. The molecule has 2 unspecified atom stereocenters. The van der Waals surface area contributed by atoms with Crippen LogP contribution >= 0.6 is 0 Å². The summed E-state index contributed by atoms with van der Waals surface area (Å²) in [6.07, 6.45) is 1.88. The van der Waals surface area contributed by atoms with E-state index in [2.05, 4.69) is 38.1 Å². The summed E-state index contributed by atoms with van der Waals surface area (Å²) in [5, 5.41) is 22.0. The second-order valence-electron chi connectivity index (χ2n) is 8.55. The SMILES string of the molecule is Cc1nc(Nc2cc(C3CCN(C)CC3O)c(C)cc2C=N)cc(N2CCOCC2)n1. The molecule has 1 aromatic heterocycles. The molecule has 3 heterocycles. The van der Waals surface area contributed by atoms with Gasteiger partial charge in [0.1, 0.15) is 17.5 Å². The van der Waals surface area contributed by atoms with Crippen LogP contribution in [0.3, 0.4) is 0 Å². The Morgan fingerprint density at radius 1 is 1.16 bits per heavy atom. The minimum atomic E-state index is -0.398. The first-order valence-corrected chi connectivity index (χ1v) is 10.9.